The highest BCUT2D eigenvalue weighted by molar-refractivity contribution is 5.69. The molecule has 36 heavy (non-hydrogen) atoms. The highest BCUT2D eigenvalue weighted by Crippen LogP contribution is 2.69. The molecule has 0 aliphatic heterocycles. The fourth-order valence-electron chi connectivity index (χ4n) is 9.68. The van der Waals surface area contributed by atoms with Crippen LogP contribution in [0.1, 0.15) is 99.3 Å². The molecule has 0 heterocycles. The van der Waals surface area contributed by atoms with Crippen molar-refractivity contribution >= 4 is 17.9 Å². The van der Waals surface area contributed by atoms with Crippen molar-refractivity contribution in [3.63, 3.8) is 0 Å². The van der Waals surface area contributed by atoms with Gasteiger partial charge in [0.05, 0.1) is 7.11 Å². The van der Waals surface area contributed by atoms with Crippen molar-refractivity contribution in [2.75, 3.05) is 7.11 Å². The van der Waals surface area contributed by atoms with Gasteiger partial charge in [-0.05, 0) is 85.9 Å². The van der Waals surface area contributed by atoms with Gasteiger partial charge in [-0.3, -0.25) is 14.4 Å². The highest BCUT2D eigenvalue weighted by atomic mass is 16.5. The lowest BCUT2D eigenvalue weighted by Crippen LogP contribution is -2.63. The molecule has 4 aliphatic rings. The number of carbonyl (C=O) groups excluding carboxylic acids is 3. The van der Waals surface area contributed by atoms with Gasteiger partial charge in [0.1, 0.15) is 12.2 Å². The van der Waals surface area contributed by atoms with Crippen LogP contribution in [0.15, 0.2) is 0 Å². The zero-order valence-corrected chi connectivity index (χ0v) is 23.5. The topological polar surface area (TPSA) is 78.9 Å². The third-order valence-electron chi connectivity index (χ3n) is 11.4. The normalized spacial score (nSPS) is 44.4. The Hall–Kier alpha value is -1.59. The number of fused-ring (bicyclic) bond motifs is 5. The Morgan fingerprint density at radius 1 is 0.944 bits per heavy atom. The first-order valence-electron chi connectivity index (χ1n) is 14.3. The number of hydrogen-bond acceptors (Lipinski definition) is 6. The van der Waals surface area contributed by atoms with E-state index in [-0.39, 0.29) is 46.9 Å². The largest absolute Gasteiger partial charge is 0.469 e. The van der Waals surface area contributed by atoms with E-state index >= 15 is 0 Å². The fraction of sp³-hybridized carbons (Fsp3) is 0.900. The molecular formula is C30H48O6. The summed E-state index contributed by atoms with van der Waals surface area (Å²) in [6.07, 6.45) is 8.48. The van der Waals surface area contributed by atoms with E-state index in [0.29, 0.717) is 41.9 Å². The second-order valence-electron chi connectivity index (χ2n) is 13.2. The van der Waals surface area contributed by atoms with Gasteiger partial charge in [0.2, 0.25) is 0 Å². The second kappa shape index (κ2) is 10.3. The summed E-state index contributed by atoms with van der Waals surface area (Å²) in [5, 5.41) is 0. The molecule has 4 aliphatic carbocycles. The summed E-state index contributed by atoms with van der Waals surface area (Å²) < 4.78 is 17.3. The molecule has 0 bridgehead atoms. The Balaban J connectivity index is 1.71. The summed E-state index contributed by atoms with van der Waals surface area (Å²) in [7, 11) is 1.44. The summed E-state index contributed by atoms with van der Waals surface area (Å²) in [4.78, 5) is 36.6. The summed E-state index contributed by atoms with van der Waals surface area (Å²) in [5.41, 5.74) is -0.0198. The van der Waals surface area contributed by atoms with Gasteiger partial charge in [-0.1, -0.05) is 34.1 Å². The van der Waals surface area contributed by atoms with E-state index in [1.807, 2.05) is 0 Å². The Morgan fingerprint density at radius 2 is 1.64 bits per heavy atom. The van der Waals surface area contributed by atoms with E-state index < -0.39 is 0 Å². The Morgan fingerprint density at radius 3 is 2.28 bits per heavy atom. The van der Waals surface area contributed by atoms with Gasteiger partial charge in [-0.15, -0.1) is 0 Å². The van der Waals surface area contributed by atoms with Gasteiger partial charge in [-0.2, -0.15) is 0 Å². The van der Waals surface area contributed by atoms with E-state index in [0.717, 1.165) is 32.1 Å². The van der Waals surface area contributed by atoms with Gasteiger partial charge < -0.3 is 14.2 Å². The quantitative estimate of drug-likeness (QED) is 0.328. The first-order chi connectivity index (χ1) is 16.9. The number of ether oxygens (including phenoxy) is 3. The van der Waals surface area contributed by atoms with Crippen molar-refractivity contribution in [2.24, 2.45) is 52.3 Å². The van der Waals surface area contributed by atoms with Crippen LogP contribution in [0.4, 0.5) is 0 Å². The van der Waals surface area contributed by atoms with Crippen molar-refractivity contribution in [1.29, 1.82) is 0 Å². The maximum absolute atomic E-state index is 12.4. The molecule has 4 saturated carbocycles. The molecule has 0 N–H and O–H groups in total. The van der Waals surface area contributed by atoms with Crippen molar-refractivity contribution in [2.45, 2.75) is 112 Å². The smallest absolute Gasteiger partial charge is 0.305 e. The average molecular weight is 505 g/mol. The lowest BCUT2D eigenvalue weighted by atomic mass is 9.42. The van der Waals surface area contributed by atoms with Crippen LogP contribution in [0.3, 0.4) is 0 Å². The Bertz CT molecular complexity index is 854. The summed E-state index contributed by atoms with van der Waals surface area (Å²) in [6.45, 7) is 12.5. The minimum Gasteiger partial charge on any atom is -0.469 e. The summed E-state index contributed by atoms with van der Waals surface area (Å²) in [6, 6.07) is 0. The average Bonchev–Trinajstić information content (AvgIpc) is 3.16. The zero-order valence-electron chi connectivity index (χ0n) is 23.5. The second-order valence-corrected chi connectivity index (χ2v) is 13.2. The molecular weight excluding hydrogens is 456 g/mol. The van der Waals surface area contributed by atoms with Crippen molar-refractivity contribution in [3.05, 3.63) is 0 Å². The molecule has 0 aromatic heterocycles. The molecule has 0 aromatic rings. The highest BCUT2D eigenvalue weighted by Gasteiger charge is 2.67. The molecule has 0 aromatic carbocycles. The van der Waals surface area contributed by atoms with Gasteiger partial charge in [-0.25, -0.2) is 0 Å². The number of esters is 3. The molecule has 4 fully saturated rings. The molecule has 4 rings (SSSR count). The predicted octanol–water partition coefficient (Wildman–Crippen LogP) is 5.95. The number of rotatable bonds is 6. The Labute approximate surface area is 217 Å². The van der Waals surface area contributed by atoms with Gasteiger partial charge in [0, 0.05) is 31.6 Å². The first-order valence-corrected chi connectivity index (χ1v) is 14.3. The lowest BCUT2D eigenvalue weighted by molar-refractivity contribution is -0.221. The summed E-state index contributed by atoms with van der Waals surface area (Å²) >= 11 is 0. The molecule has 0 saturated heterocycles. The summed E-state index contributed by atoms with van der Waals surface area (Å²) in [5.74, 6) is 2.30. The number of carbonyl (C=O) groups is 3. The molecule has 6 heteroatoms. The zero-order chi connectivity index (χ0) is 26.4. The van der Waals surface area contributed by atoms with Gasteiger partial charge >= 0.3 is 17.9 Å². The SMILES string of the molecule is COC(=O)CC[C@@H](C)[C@H]1CC[C@H]2C3C(C[C@H](OC(C)=O)[C@]12C)[C@@]1(C)CC[C@@H](C)C[C@H]1C[C@H]3OC(C)=O. The minimum atomic E-state index is -0.211. The van der Waals surface area contributed by atoms with E-state index in [1.54, 1.807) is 6.92 Å². The van der Waals surface area contributed by atoms with Gasteiger partial charge in [0.25, 0.3) is 0 Å². The van der Waals surface area contributed by atoms with Crippen LogP contribution in [0.25, 0.3) is 0 Å². The van der Waals surface area contributed by atoms with E-state index in [4.69, 9.17) is 14.2 Å². The molecule has 6 nitrogen and oxygen atoms in total. The minimum absolute atomic E-state index is 0.0670. The maximum atomic E-state index is 12.4. The van der Waals surface area contributed by atoms with Crippen LogP contribution < -0.4 is 0 Å². The van der Waals surface area contributed by atoms with Gasteiger partial charge in [0.15, 0.2) is 0 Å². The van der Waals surface area contributed by atoms with Crippen LogP contribution in [-0.2, 0) is 28.6 Å². The van der Waals surface area contributed by atoms with E-state index in [2.05, 4.69) is 27.7 Å². The molecule has 204 valence electrons. The first kappa shape index (κ1) is 27.4. The van der Waals surface area contributed by atoms with Crippen molar-refractivity contribution < 1.29 is 28.6 Å². The van der Waals surface area contributed by atoms with Crippen LogP contribution in [0, 0.1) is 52.3 Å². The molecule has 0 amide bonds. The van der Waals surface area contributed by atoms with Crippen molar-refractivity contribution in [3.8, 4) is 0 Å². The van der Waals surface area contributed by atoms with Crippen molar-refractivity contribution in [1.82, 2.24) is 0 Å². The standard InChI is InChI=1S/C30H48O6/c1-17-12-13-29(5)21(14-17)15-25(35-19(3)31)28-23-10-9-22(18(2)8-11-27(33)34-7)30(23,6)26(16-24(28)29)36-20(4)32/h17-18,21-26,28H,8-16H2,1-7H3/t17-,18-,21+,22-,23+,24?,25-,26+,28?,29+,30-/m1/s1. The predicted molar refractivity (Wildman–Crippen MR) is 137 cm³/mol. The Kier molecular flexibility index (Phi) is 7.84. The number of hydrogen-bond donors (Lipinski definition) is 0. The monoisotopic (exact) mass is 504 g/mol. The number of methoxy groups -OCH3 is 1. The van der Waals surface area contributed by atoms with Crippen LogP contribution in [0.2, 0.25) is 0 Å². The third-order valence-corrected chi connectivity index (χ3v) is 11.4. The fourth-order valence-corrected chi connectivity index (χ4v) is 9.68. The maximum Gasteiger partial charge on any atom is 0.305 e. The third kappa shape index (κ3) is 4.71. The molecule has 0 radical (unpaired) electrons. The van der Waals surface area contributed by atoms with E-state index in [9.17, 15) is 14.4 Å². The lowest BCUT2D eigenvalue weighted by Gasteiger charge is -2.64. The molecule has 2 unspecified atom stereocenters. The van der Waals surface area contributed by atoms with Crippen LogP contribution in [-0.4, -0.2) is 37.2 Å². The molecule has 0 spiro atoms. The van der Waals surface area contributed by atoms with E-state index in [1.165, 1.54) is 33.3 Å². The molecule has 11 atom stereocenters. The van der Waals surface area contributed by atoms with Crippen LogP contribution >= 0.6 is 0 Å². The van der Waals surface area contributed by atoms with Crippen LogP contribution in [0.5, 0.6) is 0 Å².